The third kappa shape index (κ3) is 2.43. The van der Waals surface area contributed by atoms with Gasteiger partial charge in [-0.3, -0.25) is 4.68 Å². The van der Waals surface area contributed by atoms with Gasteiger partial charge in [-0.1, -0.05) is 0 Å². The van der Waals surface area contributed by atoms with Gasteiger partial charge in [0.1, 0.15) is 18.4 Å². The largest absolute Gasteiger partial charge is 0.468 e. The second-order valence-electron chi connectivity index (χ2n) is 2.91. The minimum Gasteiger partial charge on any atom is -0.468 e. The molecular weight excluding hydrogens is 180 g/mol. The molecule has 0 aromatic carbocycles. The van der Waals surface area contributed by atoms with Gasteiger partial charge >= 0.3 is 0 Å². The zero-order chi connectivity index (χ0) is 9.64. The maximum absolute atomic E-state index is 5.17. The van der Waals surface area contributed by atoms with Gasteiger partial charge in [-0.25, -0.2) is 4.98 Å². The second kappa shape index (κ2) is 4.57. The molecule has 0 aliphatic carbocycles. The van der Waals surface area contributed by atoms with Gasteiger partial charge in [0.2, 0.25) is 0 Å². The van der Waals surface area contributed by atoms with Crippen molar-refractivity contribution in [1.82, 2.24) is 20.1 Å². The van der Waals surface area contributed by atoms with Crippen LogP contribution >= 0.6 is 0 Å². The van der Waals surface area contributed by atoms with E-state index in [-0.39, 0.29) is 0 Å². The highest BCUT2D eigenvalue weighted by Gasteiger charge is 1.94. The third-order valence-electron chi connectivity index (χ3n) is 1.86. The van der Waals surface area contributed by atoms with Crippen LogP contribution in [0.5, 0.6) is 0 Å². The van der Waals surface area contributed by atoms with Gasteiger partial charge in [-0.15, -0.1) is 0 Å². The van der Waals surface area contributed by atoms with Crippen molar-refractivity contribution in [3.05, 3.63) is 36.8 Å². The molecule has 5 nitrogen and oxygen atoms in total. The summed E-state index contributed by atoms with van der Waals surface area (Å²) in [6.45, 7) is 2.42. The molecule has 2 heterocycles. The molecule has 0 aliphatic heterocycles. The molecule has 14 heavy (non-hydrogen) atoms. The van der Waals surface area contributed by atoms with Crippen LogP contribution in [0.1, 0.15) is 5.76 Å². The summed E-state index contributed by atoms with van der Waals surface area (Å²) in [6.07, 6.45) is 4.91. The summed E-state index contributed by atoms with van der Waals surface area (Å²) in [5, 5.41) is 7.24. The number of nitrogens with one attached hydrogen (secondary N) is 1. The minimum absolute atomic E-state index is 0.752. The standard InChI is InChI=1S/C9H12N4O/c1-2-9(14-5-1)6-10-3-4-13-8-11-7-12-13/h1-2,5,7-8,10H,3-4,6H2. The molecule has 0 fully saturated rings. The van der Waals surface area contributed by atoms with E-state index in [1.807, 2.05) is 12.1 Å². The lowest BCUT2D eigenvalue weighted by molar-refractivity contribution is 0.470. The van der Waals surface area contributed by atoms with E-state index >= 15 is 0 Å². The molecule has 0 saturated heterocycles. The first kappa shape index (κ1) is 8.96. The quantitative estimate of drug-likeness (QED) is 0.707. The lowest BCUT2D eigenvalue weighted by Gasteiger charge is -2.01. The van der Waals surface area contributed by atoms with Crippen molar-refractivity contribution in [3.8, 4) is 0 Å². The Kier molecular flexibility index (Phi) is 2.92. The van der Waals surface area contributed by atoms with E-state index in [0.29, 0.717) is 0 Å². The molecule has 0 radical (unpaired) electrons. The average molecular weight is 192 g/mol. The van der Waals surface area contributed by atoms with Crippen LogP contribution in [0.2, 0.25) is 0 Å². The van der Waals surface area contributed by atoms with Crippen molar-refractivity contribution in [1.29, 1.82) is 0 Å². The summed E-state index contributed by atoms with van der Waals surface area (Å²) in [5.41, 5.74) is 0. The van der Waals surface area contributed by atoms with Crippen molar-refractivity contribution in [2.24, 2.45) is 0 Å². The molecule has 0 bridgehead atoms. The summed E-state index contributed by atoms with van der Waals surface area (Å²) in [5.74, 6) is 0.948. The maximum atomic E-state index is 5.17. The Morgan fingerprint density at radius 1 is 1.50 bits per heavy atom. The normalized spacial score (nSPS) is 10.6. The molecule has 2 aromatic rings. The van der Waals surface area contributed by atoms with Crippen LogP contribution in [-0.4, -0.2) is 21.3 Å². The van der Waals surface area contributed by atoms with Crippen molar-refractivity contribution in [3.63, 3.8) is 0 Å². The molecule has 0 aliphatic rings. The van der Waals surface area contributed by atoms with Crippen LogP contribution in [0.3, 0.4) is 0 Å². The summed E-state index contributed by atoms with van der Waals surface area (Å²) < 4.78 is 6.96. The van der Waals surface area contributed by atoms with Crippen molar-refractivity contribution in [2.45, 2.75) is 13.1 Å². The lowest BCUT2D eigenvalue weighted by Crippen LogP contribution is -2.19. The van der Waals surface area contributed by atoms with E-state index < -0.39 is 0 Å². The van der Waals surface area contributed by atoms with Gasteiger partial charge in [-0.05, 0) is 12.1 Å². The van der Waals surface area contributed by atoms with E-state index in [1.54, 1.807) is 17.3 Å². The highest BCUT2D eigenvalue weighted by atomic mass is 16.3. The Morgan fingerprint density at radius 3 is 3.21 bits per heavy atom. The van der Waals surface area contributed by atoms with Gasteiger partial charge in [0, 0.05) is 6.54 Å². The third-order valence-corrected chi connectivity index (χ3v) is 1.86. The molecule has 0 spiro atoms. The van der Waals surface area contributed by atoms with E-state index in [1.165, 1.54) is 6.33 Å². The fourth-order valence-corrected chi connectivity index (χ4v) is 1.17. The smallest absolute Gasteiger partial charge is 0.137 e. The van der Waals surface area contributed by atoms with Crippen molar-refractivity contribution < 1.29 is 4.42 Å². The summed E-state index contributed by atoms with van der Waals surface area (Å²) >= 11 is 0. The summed E-state index contributed by atoms with van der Waals surface area (Å²) in [4.78, 5) is 3.86. The van der Waals surface area contributed by atoms with Gasteiger partial charge in [0.05, 0.1) is 19.4 Å². The zero-order valence-electron chi connectivity index (χ0n) is 7.76. The molecule has 0 atom stereocenters. The number of nitrogens with zero attached hydrogens (tertiary/aromatic N) is 3. The van der Waals surface area contributed by atoms with Crippen LogP contribution in [-0.2, 0) is 13.1 Å². The van der Waals surface area contributed by atoms with E-state index in [2.05, 4.69) is 15.4 Å². The van der Waals surface area contributed by atoms with Gasteiger partial charge in [0.25, 0.3) is 0 Å². The minimum atomic E-state index is 0.752. The first-order valence-corrected chi connectivity index (χ1v) is 4.50. The summed E-state index contributed by atoms with van der Waals surface area (Å²) in [6, 6.07) is 3.83. The van der Waals surface area contributed by atoms with Gasteiger partial charge in [-0.2, -0.15) is 5.10 Å². The van der Waals surface area contributed by atoms with Crippen LogP contribution in [0, 0.1) is 0 Å². The Bertz CT molecular complexity index is 305. The number of hydrogen-bond acceptors (Lipinski definition) is 4. The molecule has 2 rings (SSSR count). The molecular formula is C9H12N4O. The fraction of sp³-hybridized carbons (Fsp3) is 0.333. The van der Waals surface area contributed by atoms with Crippen molar-refractivity contribution >= 4 is 0 Å². The molecule has 0 amide bonds. The van der Waals surface area contributed by atoms with E-state index in [4.69, 9.17) is 4.42 Å². The summed E-state index contributed by atoms with van der Waals surface area (Å²) in [7, 11) is 0. The predicted molar refractivity (Wildman–Crippen MR) is 50.4 cm³/mol. The molecule has 2 aromatic heterocycles. The molecule has 1 N–H and O–H groups in total. The van der Waals surface area contributed by atoms with Crippen LogP contribution < -0.4 is 5.32 Å². The Hall–Kier alpha value is -1.62. The lowest BCUT2D eigenvalue weighted by atomic mass is 10.4. The van der Waals surface area contributed by atoms with Crippen LogP contribution in [0.25, 0.3) is 0 Å². The predicted octanol–water partition coefficient (Wildman–Crippen LogP) is 0.661. The van der Waals surface area contributed by atoms with Crippen LogP contribution in [0.4, 0.5) is 0 Å². The van der Waals surface area contributed by atoms with Gasteiger partial charge < -0.3 is 9.73 Å². The number of hydrogen-bond donors (Lipinski definition) is 1. The first-order chi connectivity index (χ1) is 6.95. The highest BCUT2D eigenvalue weighted by Crippen LogP contribution is 1.97. The Labute approximate surface area is 81.8 Å². The first-order valence-electron chi connectivity index (χ1n) is 4.50. The topological polar surface area (TPSA) is 55.9 Å². The Morgan fingerprint density at radius 2 is 2.50 bits per heavy atom. The monoisotopic (exact) mass is 192 g/mol. The molecule has 0 saturated carbocycles. The molecule has 5 heteroatoms. The second-order valence-corrected chi connectivity index (χ2v) is 2.91. The average Bonchev–Trinajstić information content (AvgIpc) is 2.86. The van der Waals surface area contributed by atoms with Gasteiger partial charge in [0.15, 0.2) is 0 Å². The van der Waals surface area contributed by atoms with E-state index in [0.717, 1.165) is 25.4 Å². The maximum Gasteiger partial charge on any atom is 0.137 e. The zero-order valence-corrected chi connectivity index (χ0v) is 7.76. The molecule has 74 valence electrons. The number of aromatic nitrogens is 3. The molecule has 0 unspecified atom stereocenters. The number of furan rings is 1. The van der Waals surface area contributed by atoms with Crippen LogP contribution in [0.15, 0.2) is 35.5 Å². The number of rotatable bonds is 5. The SMILES string of the molecule is c1coc(CNCCn2cncn2)c1. The van der Waals surface area contributed by atoms with E-state index in [9.17, 15) is 0 Å². The van der Waals surface area contributed by atoms with Crippen molar-refractivity contribution in [2.75, 3.05) is 6.54 Å². The highest BCUT2D eigenvalue weighted by molar-refractivity contribution is 4.97. The fourth-order valence-electron chi connectivity index (χ4n) is 1.17. The Balaban J connectivity index is 1.65.